The van der Waals surface area contributed by atoms with Gasteiger partial charge in [-0.3, -0.25) is 5.10 Å². The van der Waals surface area contributed by atoms with Gasteiger partial charge in [0.1, 0.15) is 6.10 Å². The van der Waals surface area contributed by atoms with Crippen LogP contribution in [0, 0.1) is 0 Å². The molecule has 3 aromatic rings. The van der Waals surface area contributed by atoms with Crippen molar-refractivity contribution in [2.24, 2.45) is 0 Å². The minimum atomic E-state index is -0.387. The van der Waals surface area contributed by atoms with Crippen molar-refractivity contribution in [3.63, 3.8) is 0 Å². The van der Waals surface area contributed by atoms with Gasteiger partial charge < -0.3 is 15.0 Å². The van der Waals surface area contributed by atoms with Gasteiger partial charge in [0, 0.05) is 40.8 Å². The Hall–Kier alpha value is -2.76. The molecular weight excluding hydrogens is 316 g/mol. The molecule has 0 saturated heterocycles. The fraction of sp³-hybridized carbons (Fsp3) is 0.368. The molecule has 1 atom stereocenters. The van der Waals surface area contributed by atoms with Gasteiger partial charge in [-0.05, 0) is 44.9 Å². The van der Waals surface area contributed by atoms with E-state index in [-0.39, 0.29) is 17.7 Å². The lowest BCUT2D eigenvalue weighted by atomic mass is 10.0. The number of ether oxygens (including phenoxy) is 1. The number of hydrogen-bond acceptors (Lipinski definition) is 3. The molecule has 0 aliphatic carbocycles. The van der Waals surface area contributed by atoms with E-state index < -0.39 is 0 Å². The normalized spacial score (nSPS) is 13.0. The van der Waals surface area contributed by atoms with Crippen molar-refractivity contribution in [3.05, 3.63) is 42.4 Å². The van der Waals surface area contributed by atoms with Crippen molar-refractivity contribution in [1.82, 2.24) is 20.5 Å². The van der Waals surface area contributed by atoms with E-state index >= 15 is 0 Å². The van der Waals surface area contributed by atoms with Crippen LogP contribution < -0.4 is 5.32 Å². The van der Waals surface area contributed by atoms with Crippen LogP contribution in [0.3, 0.4) is 0 Å². The number of fused-ring (bicyclic) bond motifs is 1. The van der Waals surface area contributed by atoms with Gasteiger partial charge in [-0.15, -0.1) is 0 Å². The SMILES string of the molecule is C[C@H](Cc1c[nH]c2cc(-c3cn[nH]c3)ccc12)OC(=O)NC(C)(C)C. The smallest absolute Gasteiger partial charge is 0.407 e. The molecule has 1 aromatic carbocycles. The Morgan fingerprint density at radius 3 is 2.76 bits per heavy atom. The summed E-state index contributed by atoms with van der Waals surface area (Å²) in [5.41, 5.74) is 4.03. The van der Waals surface area contributed by atoms with Crippen molar-refractivity contribution in [3.8, 4) is 11.1 Å². The Morgan fingerprint density at radius 2 is 2.08 bits per heavy atom. The summed E-state index contributed by atoms with van der Waals surface area (Å²) >= 11 is 0. The zero-order valence-electron chi connectivity index (χ0n) is 15.0. The van der Waals surface area contributed by atoms with Gasteiger partial charge in [0.15, 0.2) is 0 Å². The summed E-state index contributed by atoms with van der Waals surface area (Å²) in [7, 11) is 0. The summed E-state index contributed by atoms with van der Waals surface area (Å²) in [6, 6.07) is 6.26. The number of amides is 1. The minimum Gasteiger partial charge on any atom is -0.446 e. The quantitative estimate of drug-likeness (QED) is 0.671. The number of rotatable bonds is 4. The molecule has 1 amide bonds. The van der Waals surface area contributed by atoms with E-state index in [0.29, 0.717) is 6.42 Å². The first kappa shape index (κ1) is 17.1. The molecule has 0 aliphatic rings. The third-order valence-corrected chi connectivity index (χ3v) is 3.89. The maximum atomic E-state index is 11.9. The molecule has 6 heteroatoms. The summed E-state index contributed by atoms with van der Waals surface area (Å²) < 4.78 is 5.45. The molecule has 3 rings (SSSR count). The van der Waals surface area contributed by atoms with Crippen molar-refractivity contribution in [2.75, 3.05) is 0 Å². The lowest BCUT2D eigenvalue weighted by Gasteiger charge is -2.22. The molecule has 0 saturated carbocycles. The number of nitrogens with zero attached hydrogens (tertiary/aromatic N) is 1. The molecule has 0 spiro atoms. The third-order valence-electron chi connectivity index (χ3n) is 3.89. The van der Waals surface area contributed by atoms with Gasteiger partial charge in [-0.1, -0.05) is 12.1 Å². The Labute approximate surface area is 147 Å². The topological polar surface area (TPSA) is 82.8 Å². The van der Waals surface area contributed by atoms with Crippen LogP contribution in [0.25, 0.3) is 22.0 Å². The largest absolute Gasteiger partial charge is 0.446 e. The fourth-order valence-electron chi connectivity index (χ4n) is 2.81. The molecular formula is C19H24N4O2. The van der Waals surface area contributed by atoms with Crippen LogP contribution >= 0.6 is 0 Å². The van der Waals surface area contributed by atoms with Crippen molar-refractivity contribution < 1.29 is 9.53 Å². The highest BCUT2D eigenvalue weighted by molar-refractivity contribution is 5.87. The molecule has 2 aromatic heterocycles. The minimum absolute atomic E-state index is 0.213. The average Bonchev–Trinajstić information content (AvgIpc) is 3.14. The lowest BCUT2D eigenvalue weighted by Crippen LogP contribution is -2.42. The molecule has 2 heterocycles. The van der Waals surface area contributed by atoms with Gasteiger partial charge in [0.05, 0.1) is 6.20 Å². The first-order chi connectivity index (χ1) is 11.8. The molecule has 0 radical (unpaired) electrons. The van der Waals surface area contributed by atoms with Crippen molar-refractivity contribution in [2.45, 2.75) is 45.8 Å². The molecule has 25 heavy (non-hydrogen) atoms. The molecule has 6 nitrogen and oxygen atoms in total. The summed E-state index contributed by atoms with van der Waals surface area (Å²) in [5, 5.41) is 10.8. The van der Waals surface area contributed by atoms with E-state index in [4.69, 9.17) is 4.74 Å². The van der Waals surface area contributed by atoms with Crippen molar-refractivity contribution in [1.29, 1.82) is 0 Å². The van der Waals surface area contributed by atoms with Gasteiger partial charge in [-0.25, -0.2) is 4.79 Å². The van der Waals surface area contributed by atoms with Crippen LogP contribution in [0.5, 0.6) is 0 Å². The number of carbonyl (C=O) groups excluding carboxylic acids is 1. The average molecular weight is 340 g/mol. The number of alkyl carbamates (subject to hydrolysis) is 1. The maximum absolute atomic E-state index is 11.9. The van der Waals surface area contributed by atoms with Gasteiger partial charge in [-0.2, -0.15) is 5.10 Å². The van der Waals surface area contributed by atoms with E-state index in [1.807, 2.05) is 40.1 Å². The van der Waals surface area contributed by atoms with Crippen molar-refractivity contribution >= 4 is 17.0 Å². The van der Waals surface area contributed by atoms with Gasteiger partial charge in [0.2, 0.25) is 0 Å². The second kappa shape index (κ2) is 6.63. The Bertz CT molecular complexity index is 859. The standard InChI is InChI=1S/C19H24N4O2/c1-12(25-18(24)23-19(2,3)4)7-14-9-20-17-8-13(5-6-16(14)17)15-10-21-22-11-15/h5-6,8-12,20H,7H2,1-4H3,(H,21,22)(H,23,24)/t12-/m1/s1. The van der Waals surface area contributed by atoms with E-state index in [2.05, 4.69) is 38.7 Å². The Morgan fingerprint density at radius 1 is 1.28 bits per heavy atom. The van der Waals surface area contributed by atoms with Crippen LogP contribution in [-0.4, -0.2) is 32.9 Å². The summed E-state index contributed by atoms with van der Waals surface area (Å²) in [6.45, 7) is 7.68. The Kier molecular flexibility index (Phi) is 4.53. The van der Waals surface area contributed by atoms with Crippen LogP contribution in [-0.2, 0) is 11.2 Å². The predicted octanol–water partition coefficient (Wildman–Crippen LogP) is 4.01. The molecule has 0 unspecified atom stereocenters. The number of nitrogens with one attached hydrogen (secondary N) is 3. The zero-order valence-corrected chi connectivity index (χ0v) is 15.0. The summed E-state index contributed by atoms with van der Waals surface area (Å²) in [6.07, 6.45) is 5.70. The maximum Gasteiger partial charge on any atom is 0.407 e. The lowest BCUT2D eigenvalue weighted by molar-refractivity contribution is 0.100. The molecule has 3 N–H and O–H groups in total. The number of aromatic nitrogens is 3. The highest BCUT2D eigenvalue weighted by Crippen LogP contribution is 2.26. The first-order valence-corrected chi connectivity index (χ1v) is 8.40. The van der Waals surface area contributed by atoms with Crippen LogP contribution in [0.15, 0.2) is 36.8 Å². The van der Waals surface area contributed by atoms with Gasteiger partial charge >= 0.3 is 6.09 Å². The number of aromatic amines is 2. The highest BCUT2D eigenvalue weighted by Gasteiger charge is 2.18. The fourth-order valence-corrected chi connectivity index (χ4v) is 2.81. The first-order valence-electron chi connectivity index (χ1n) is 8.40. The van der Waals surface area contributed by atoms with Crippen LogP contribution in [0.4, 0.5) is 4.79 Å². The second-order valence-electron chi connectivity index (χ2n) is 7.36. The molecule has 0 fully saturated rings. The number of hydrogen-bond donors (Lipinski definition) is 3. The number of benzene rings is 1. The van der Waals surface area contributed by atoms with E-state index in [0.717, 1.165) is 27.6 Å². The third kappa shape index (κ3) is 4.21. The number of H-pyrrole nitrogens is 2. The molecule has 132 valence electrons. The van der Waals surface area contributed by atoms with Gasteiger partial charge in [0.25, 0.3) is 0 Å². The summed E-state index contributed by atoms with van der Waals surface area (Å²) in [5.74, 6) is 0. The predicted molar refractivity (Wildman–Crippen MR) is 98.4 cm³/mol. The van der Waals surface area contributed by atoms with E-state index in [1.54, 1.807) is 6.20 Å². The molecule has 0 aliphatic heterocycles. The molecule has 0 bridgehead atoms. The zero-order chi connectivity index (χ0) is 18.0. The number of carbonyl (C=O) groups is 1. The Balaban J connectivity index is 1.71. The summed E-state index contributed by atoms with van der Waals surface area (Å²) in [4.78, 5) is 15.2. The second-order valence-corrected chi connectivity index (χ2v) is 7.36. The van der Waals surface area contributed by atoms with Crippen LogP contribution in [0.2, 0.25) is 0 Å². The monoisotopic (exact) mass is 340 g/mol. The van der Waals surface area contributed by atoms with Crippen LogP contribution in [0.1, 0.15) is 33.3 Å². The van der Waals surface area contributed by atoms with E-state index in [1.165, 1.54) is 0 Å². The highest BCUT2D eigenvalue weighted by atomic mass is 16.6. The van der Waals surface area contributed by atoms with E-state index in [9.17, 15) is 4.79 Å².